The number of anilines is 1. The van der Waals surface area contributed by atoms with E-state index >= 15 is 0 Å². The van der Waals surface area contributed by atoms with Crippen molar-refractivity contribution < 1.29 is 28.9 Å². The Morgan fingerprint density at radius 2 is 1.71 bits per heavy atom. The molecule has 1 saturated heterocycles. The summed E-state index contributed by atoms with van der Waals surface area (Å²) < 4.78 is 10.2. The summed E-state index contributed by atoms with van der Waals surface area (Å²) in [7, 11) is 0. The Bertz CT molecular complexity index is 1290. The molecule has 6 rings (SSSR count). The van der Waals surface area contributed by atoms with Crippen molar-refractivity contribution in [3.05, 3.63) is 65.4 Å². The Morgan fingerprint density at radius 1 is 1.03 bits per heavy atom. The topological polar surface area (TPSA) is 135 Å². The number of rotatable bonds is 5. The summed E-state index contributed by atoms with van der Waals surface area (Å²) in [5, 5.41) is 19.1. The SMILES string of the molecule is O=C(Nc1nonc1C(=O)N1CCC2C(C1)C2C(=O)O)OCC1c2ccccc2-c2ccccc21. The molecule has 1 aliphatic heterocycles. The lowest BCUT2D eigenvalue weighted by molar-refractivity contribution is -0.139. The summed E-state index contributed by atoms with van der Waals surface area (Å²) in [5.41, 5.74) is 4.28. The van der Waals surface area contributed by atoms with E-state index in [1.807, 2.05) is 36.4 Å². The molecule has 1 saturated carbocycles. The summed E-state index contributed by atoms with van der Waals surface area (Å²) in [6.07, 6.45) is -0.156. The smallest absolute Gasteiger partial charge is 0.412 e. The fourth-order valence-electron chi connectivity index (χ4n) is 5.58. The van der Waals surface area contributed by atoms with Crippen LogP contribution in [-0.4, -0.2) is 58.0 Å². The lowest BCUT2D eigenvalue weighted by Crippen LogP contribution is -2.37. The number of amides is 2. The number of carbonyl (C=O) groups is 3. The lowest BCUT2D eigenvalue weighted by atomic mass is 9.98. The number of likely N-dealkylation sites (tertiary alicyclic amines) is 1. The highest BCUT2D eigenvalue weighted by Gasteiger charge is 2.57. The van der Waals surface area contributed by atoms with Gasteiger partial charge in [-0.3, -0.25) is 14.9 Å². The highest BCUT2D eigenvalue weighted by Crippen LogP contribution is 2.51. The van der Waals surface area contributed by atoms with Crippen LogP contribution in [0.15, 0.2) is 53.2 Å². The molecule has 0 spiro atoms. The second kappa shape index (κ2) is 8.23. The fraction of sp³-hybridized carbons (Fsp3) is 0.320. The molecule has 2 aliphatic carbocycles. The van der Waals surface area contributed by atoms with Gasteiger partial charge in [-0.2, -0.15) is 0 Å². The van der Waals surface area contributed by atoms with Crippen molar-refractivity contribution in [1.29, 1.82) is 0 Å². The van der Waals surface area contributed by atoms with E-state index in [1.54, 1.807) is 0 Å². The fourth-order valence-corrected chi connectivity index (χ4v) is 5.58. The number of carbonyl (C=O) groups excluding carboxylic acids is 2. The largest absolute Gasteiger partial charge is 0.481 e. The first-order chi connectivity index (χ1) is 17.0. The number of carboxylic acid groups (broad SMARTS) is 1. The third-order valence-electron chi connectivity index (χ3n) is 7.32. The molecule has 0 bridgehead atoms. The molecular weight excluding hydrogens is 452 g/mol. The van der Waals surface area contributed by atoms with E-state index in [1.165, 1.54) is 4.90 Å². The van der Waals surface area contributed by atoms with E-state index in [0.717, 1.165) is 22.3 Å². The Hall–Kier alpha value is -4.21. The van der Waals surface area contributed by atoms with E-state index in [9.17, 15) is 19.5 Å². The molecule has 3 atom stereocenters. The minimum absolute atomic E-state index is 0.0522. The second-order valence-electron chi connectivity index (χ2n) is 9.14. The first kappa shape index (κ1) is 21.3. The van der Waals surface area contributed by atoms with Crippen LogP contribution in [0, 0.1) is 17.8 Å². The van der Waals surface area contributed by atoms with Crippen molar-refractivity contribution >= 4 is 23.8 Å². The Kier molecular flexibility index (Phi) is 5.01. The lowest BCUT2D eigenvalue weighted by Gasteiger charge is -2.25. The molecule has 2 N–H and O–H groups in total. The van der Waals surface area contributed by atoms with Gasteiger partial charge in [-0.05, 0) is 50.8 Å². The number of hydrogen-bond donors (Lipinski definition) is 2. The molecule has 2 amide bonds. The van der Waals surface area contributed by atoms with Crippen molar-refractivity contribution in [3.8, 4) is 11.1 Å². The summed E-state index contributed by atoms with van der Waals surface area (Å²) in [6.45, 7) is 0.860. The number of fused-ring (bicyclic) bond motifs is 4. The molecular formula is C25H22N4O6. The number of piperidine rings is 1. The molecule has 3 aliphatic rings. The van der Waals surface area contributed by atoms with Gasteiger partial charge >= 0.3 is 12.1 Å². The van der Waals surface area contributed by atoms with Gasteiger partial charge in [0, 0.05) is 19.0 Å². The molecule has 2 aromatic carbocycles. The van der Waals surface area contributed by atoms with Gasteiger partial charge in [0.15, 0.2) is 0 Å². The zero-order valence-electron chi connectivity index (χ0n) is 18.6. The molecule has 10 heteroatoms. The van der Waals surface area contributed by atoms with Gasteiger partial charge in [-0.25, -0.2) is 9.42 Å². The van der Waals surface area contributed by atoms with Gasteiger partial charge < -0.3 is 14.7 Å². The number of carboxylic acids is 1. The maximum Gasteiger partial charge on any atom is 0.412 e. The quantitative estimate of drug-likeness (QED) is 0.576. The van der Waals surface area contributed by atoms with Crippen LogP contribution in [0.25, 0.3) is 11.1 Å². The predicted molar refractivity (Wildman–Crippen MR) is 122 cm³/mol. The van der Waals surface area contributed by atoms with Crippen molar-refractivity contribution in [2.75, 3.05) is 25.0 Å². The van der Waals surface area contributed by atoms with Crippen LogP contribution in [0.3, 0.4) is 0 Å². The zero-order valence-corrected chi connectivity index (χ0v) is 18.6. The minimum Gasteiger partial charge on any atom is -0.481 e. The van der Waals surface area contributed by atoms with Crippen LogP contribution in [0.2, 0.25) is 0 Å². The van der Waals surface area contributed by atoms with Crippen LogP contribution in [0.1, 0.15) is 34.0 Å². The standard InChI is InChI=1S/C25H22N4O6/c30-23(29-10-9-17-18(11-29)20(17)24(31)32)21-22(28-35-27-21)26-25(33)34-12-19-15-7-3-1-5-13(15)14-6-2-4-8-16(14)19/h1-8,17-20H,9-12H2,(H,31,32)(H,26,28,33). The molecule has 0 radical (unpaired) electrons. The average molecular weight is 474 g/mol. The van der Waals surface area contributed by atoms with Crippen LogP contribution < -0.4 is 5.32 Å². The van der Waals surface area contributed by atoms with Gasteiger partial charge in [0.05, 0.1) is 5.92 Å². The van der Waals surface area contributed by atoms with E-state index in [4.69, 9.17) is 9.37 Å². The maximum absolute atomic E-state index is 13.0. The molecule has 2 fully saturated rings. The molecule has 1 aromatic heterocycles. The molecule has 10 nitrogen and oxygen atoms in total. The summed E-state index contributed by atoms with van der Waals surface area (Å²) in [6, 6.07) is 16.0. The highest BCUT2D eigenvalue weighted by molar-refractivity contribution is 5.99. The monoisotopic (exact) mass is 474 g/mol. The summed E-state index contributed by atoms with van der Waals surface area (Å²) in [5.74, 6) is -1.85. The Balaban J connectivity index is 1.11. The van der Waals surface area contributed by atoms with Crippen molar-refractivity contribution in [2.45, 2.75) is 12.3 Å². The van der Waals surface area contributed by atoms with Gasteiger partial charge in [0.2, 0.25) is 11.5 Å². The van der Waals surface area contributed by atoms with Crippen molar-refractivity contribution in [2.24, 2.45) is 17.8 Å². The van der Waals surface area contributed by atoms with E-state index < -0.39 is 23.9 Å². The highest BCUT2D eigenvalue weighted by atomic mass is 16.6. The normalized spacial score (nSPS) is 22.1. The molecule has 178 valence electrons. The van der Waals surface area contributed by atoms with Gasteiger partial charge in [-0.15, -0.1) is 0 Å². The maximum atomic E-state index is 13.0. The number of benzene rings is 2. The Labute approximate surface area is 199 Å². The number of nitrogens with zero attached hydrogens (tertiary/aromatic N) is 3. The first-order valence-electron chi connectivity index (χ1n) is 11.5. The van der Waals surface area contributed by atoms with Crippen molar-refractivity contribution in [3.63, 3.8) is 0 Å². The van der Waals surface area contributed by atoms with Gasteiger partial charge in [-0.1, -0.05) is 48.5 Å². The zero-order chi connectivity index (χ0) is 24.1. The number of aromatic nitrogens is 2. The first-order valence-corrected chi connectivity index (χ1v) is 11.5. The van der Waals surface area contributed by atoms with E-state index in [2.05, 4.69) is 27.8 Å². The van der Waals surface area contributed by atoms with Crippen LogP contribution in [0.5, 0.6) is 0 Å². The van der Waals surface area contributed by atoms with Gasteiger partial charge in [0.25, 0.3) is 5.91 Å². The Morgan fingerprint density at radius 3 is 2.40 bits per heavy atom. The summed E-state index contributed by atoms with van der Waals surface area (Å²) in [4.78, 5) is 38.4. The molecule has 2 heterocycles. The number of aliphatic carboxylic acids is 1. The van der Waals surface area contributed by atoms with Crippen LogP contribution in [0.4, 0.5) is 10.6 Å². The van der Waals surface area contributed by atoms with Gasteiger partial charge in [0.1, 0.15) is 6.61 Å². The van der Waals surface area contributed by atoms with Crippen LogP contribution in [-0.2, 0) is 9.53 Å². The number of nitrogens with one attached hydrogen (secondary N) is 1. The summed E-state index contributed by atoms with van der Waals surface area (Å²) >= 11 is 0. The van der Waals surface area contributed by atoms with Crippen molar-refractivity contribution in [1.82, 2.24) is 15.2 Å². The van der Waals surface area contributed by atoms with Crippen LogP contribution >= 0.6 is 0 Å². The average Bonchev–Trinajstić information content (AvgIpc) is 3.27. The predicted octanol–water partition coefficient (Wildman–Crippen LogP) is 3.22. The third-order valence-corrected chi connectivity index (χ3v) is 7.32. The molecule has 35 heavy (non-hydrogen) atoms. The number of ether oxygens (including phenoxy) is 1. The number of hydrogen-bond acceptors (Lipinski definition) is 7. The third kappa shape index (κ3) is 3.61. The molecule has 3 aromatic rings. The van der Waals surface area contributed by atoms with E-state index in [-0.39, 0.29) is 35.9 Å². The molecule has 3 unspecified atom stereocenters. The van der Waals surface area contributed by atoms with E-state index in [0.29, 0.717) is 19.5 Å². The minimum atomic E-state index is -0.824. The second-order valence-corrected chi connectivity index (χ2v) is 9.14.